The second kappa shape index (κ2) is 46.3. The first kappa shape index (κ1) is 94.0. The first-order valence-corrected chi connectivity index (χ1v) is 42.5. The molecule has 3 rings (SSSR count). The molecular weight excluding hydrogens is 1500 g/mol. The molecule has 1 aliphatic rings. The maximum absolute atomic E-state index is 14.2. The van der Waals surface area contributed by atoms with Crippen molar-refractivity contribution in [1.82, 2.24) is 72.2 Å². The predicted octanol–water partition coefficient (Wildman–Crippen LogP) is -0.235. The number of amides is 8. The Balaban J connectivity index is 1.61. The Morgan fingerprint density at radius 3 is 1.58 bits per heavy atom. The van der Waals surface area contributed by atoms with E-state index in [0.29, 0.717) is 38.6 Å². The monoisotopic (exact) mass is 1610 g/mol. The van der Waals surface area contributed by atoms with E-state index in [1.807, 2.05) is 22.8 Å². The average molecular weight is 1610 g/mol. The van der Waals surface area contributed by atoms with Gasteiger partial charge in [-0.3, -0.25) is 62.4 Å². The highest BCUT2D eigenvalue weighted by Crippen LogP contribution is 2.51. The molecule has 2 heterocycles. The Morgan fingerprint density at radius 2 is 1.05 bits per heavy atom. The van der Waals surface area contributed by atoms with Crippen LogP contribution in [-0.2, 0) is 68.6 Å². The summed E-state index contributed by atoms with van der Waals surface area (Å²) >= 11 is 0. The van der Waals surface area contributed by atoms with Crippen molar-refractivity contribution < 1.29 is 122 Å². The number of hydrogen-bond donors (Lipinski definition) is 18. The molecule has 18 N–H and O–H groups in total. The molecule has 2 aromatic rings. The molecule has 7 atom stereocenters. The average Bonchev–Trinajstić information content (AvgIpc) is 0.946. The third kappa shape index (κ3) is 38.2. The molecule has 1 fully saturated rings. The number of aromatic nitrogens is 3. The van der Waals surface area contributed by atoms with Crippen LogP contribution in [0.3, 0.4) is 0 Å². The number of nitrogens with zero attached hydrogens (tertiary/aromatic N) is 6. The molecule has 0 saturated carbocycles. The first-order valence-electron chi connectivity index (χ1n) is 35.3. The number of urea groups is 1. The van der Waals surface area contributed by atoms with Gasteiger partial charge in [0.1, 0.15) is 42.1 Å². The second-order valence-electron chi connectivity index (χ2n) is 28.6. The lowest BCUT2D eigenvalue weighted by molar-refractivity contribution is -0.143. The van der Waals surface area contributed by atoms with Gasteiger partial charge in [0, 0.05) is 109 Å². The maximum Gasteiger partial charge on any atom is 0.326 e. The summed E-state index contributed by atoms with van der Waals surface area (Å²) in [5.74, 6) is -13.6. The normalized spacial score (nSPS) is 15.5. The highest BCUT2D eigenvalue weighted by atomic mass is 31.2. The minimum Gasteiger partial charge on any atom is -0.481 e. The molecule has 1 saturated heterocycles. The Kier molecular flexibility index (Phi) is 40.3. The van der Waals surface area contributed by atoms with Crippen LogP contribution < -0.4 is 47.7 Å². The van der Waals surface area contributed by atoms with Crippen molar-refractivity contribution in [2.45, 2.75) is 178 Å². The lowest BCUT2D eigenvalue weighted by Crippen LogP contribution is -2.51. The lowest BCUT2D eigenvalue weighted by Gasteiger charge is -2.39. The zero-order valence-corrected chi connectivity index (χ0v) is 65.7. The van der Waals surface area contributed by atoms with Gasteiger partial charge in [-0.05, 0) is 73.3 Å². The number of aliphatic carboxylic acids is 7. The summed E-state index contributed by atoms with van der Waals surface area (Å²) in [6.45, 7) is 14.4. The van der Waals surface area contributed by atoms with Crippen LogP contribution in [-0.4, -0.2) is 293 Å². The van der Waals surface area contributed by atoms with Crippen LogP contribution in [0.1, 0.15) is 154 Å². The van der Waals surface area contributed by atoms with E-state index in [2.05, 4.69) is 88.7 Å². The van der Waals surface area contributed by atoms with Gasteiger partial charge < -0.3 is 83.2 Å². The lowest BCUT2D eigenvalue weighted by atomic mass is 10.1. The van der Waals surface area contributed by atoms with Crippen molar-refractivity contribution in [3.63, 3.8) is 0 Å². The fourth-order valence-electron chi connectivity index (χ4n) is 12.0. The Morgan fingerprint density at radius 1 is 0.556 bits per heavy atom. The van der Waals surface area contributed by atoms with E-state index >= 15 is 0 Å². The molecule has 8 amide bonds. The molecule has 0 bridgehead atoms. The number of benzene rings is 1. The van der Waals surface area contributed by atoms with E-state index in [1.54, 1.807) is 21.9 Å². The van der Waals surface area contributed by atoms with Gasteiger partial charge in [-0.2, -0.15) is 0 Å². The van der Waals surface area contributed by atoms with Gasteiger partial charge in [0.25, 0.3) is 13.6 Å². The molecule has 1 aromatic carbocycles. The van der Waals surface area contributed by atoms with Gasteiger partial charge in [-0.25, -0.2) is 38.4 Å². The van der Waals surface area contributed by atoms with Crippen LogP contribution in [0.15, 0.2) is 30.5 Å². The molecule has 1 aromatic heterocycles. The summed E-state index contributed by atoms with van der Waals surface area (Å²) in [4.78, 5) is 211. The van der Waals surface area contributed by atoms with E-state index < -0.39 is 182 Å². The van der Waals surface area contributed by atoms with Gasteiger partial charge in [0.05, 0.1) is 40.7 Å². The van der Waals surface area contributed by atoms with Gasteiger partial charge in [0.15, 0.2) is 6.29 Å². The standard InChI is InChI=1S/C65H107N14O25P3Si/c1-64(2,3)108(65(4,5)6)44-14-12-42(13-15-44)57(90)69-37-49(79-38-43(74-75-79)36-68-52(82)23-34-106(101,102)40-77-29-27-76(39-105-33-22-55(86)87)28-30-78(32-31-77)41-107(103,104)35-24-56(88)89)58(91)71-46(60(94)95)10-7-8-25-66-50(80)19-20-51(81)67-26-9-11-45(59(92)93)70-53(83)18-16-47(61(96)97)72-63(100)73-48(62(98)99)17-21-54(84)85/h12-15,38,45-49,101-102,105,108H,7-11,16-37,39-41H2,1-6H3,(H15-,66,67,68,69,70,71,72,73,80,81,82,83,84,85,86,87,88,89,90,91,92,93,94,95,96,97,98,99,100,103,104)/p+1/t45-,46+,47+,48+,49+/m1/s1. The summed E-state index contributed by atoms with van der Waals surface area (Å²) in [7, 11) is -9.10. The topological polar surface area (TPSA) is 595 Å². The maximum atomic E-state index is 14.2. The van der Waals surface area contributed by atoms with Crippen LogP contribution in [0, 0.1) is 0 Å². The number of carboxylic acid groups (broad SMARTS) is 7. The fraction of sp³-hybridized carbons (Fsp3) is 0.662. The van der Waals surface area contributed by atoms with E-state index in [4.69, 9.17) is 15.3 Å². The first-order chi connectivity index (χ1) is 50.4. The quantitative estimate of drug-likeness (QED) is 0.0231. The molecule has 0 aliphatic carbocycles. The SMILES string of the molecule is CC(C)(C)[SiH](c1ccc(C(=O)NC[C@@H](C(=O)N[C@@H](CCCCNC(=O)CCC(=O)NCCC[C@@H](NC(=O)CC[C@H](NC(=O)N[C@@H](CCC(=O)O)C(=O)O)C(=O)O)C(=O)O)C(=O)O)n2cc(CNC(=O)CC[P+](O)(O)CN3CCN(CPCCC(=O)O)CCN(CP(=O)(O)CCC(=O)O)CC3)nn2)cc1)C(C)(C)C. The number of rotatable bonds is 49. The number of hydrogen-bond acceptors (Lipinski definition) is 22. The highest BCUT2D eigenvalue weighted by molar-refractivity contribution is 7.64. The molecule has 0 spiro atoms. The third-order valence-electron chi connectivity index (χ3n) is 17.2. The number of carbonyl (C=O) groups is 14. The molecular formula is C65H108N14O25P3Si+. The molecule has 39 nitrogen and oxygen atoms in total. The van der Waals surface area contributed by atoms with E-state index in [9.17, 15) is 107 Å². The van der Waals surface area contributed by atoms with Crippen molar-refractivity contribution in [2.75, 3.05) is 96.2 Å². The highest BCUT2D eigenvalue weighted by Gasteiger charge is 2.40. The van der Waals surface area contributed by atoms with Crippen LogP contribution in [0.25, 0.3) is 0 Å². The van der Waals surface area contributed by atoms with E-state index in [1.165, 1.54) is 6.20 Å². The largest absolute Gasteiger partial charge is 0.481 e. The summed E-state index contributed by atoms with van der Waals surface area (Å²) < 4.78 is 14.1. The minimum atomic E-state index is -3.90. The summed E-state index contributed by atoms with van der Waals surface area (Å²) in [5, 5.41) is 94.3. The van der Waals surface area contributed by atoms with Crippen molar-refractivity contribution in [2.24, 2.45) is 0 Å². The van der Waals surface area contributed by atoms with Crippen LogP contribution in [0.5, 0.6) is 0 Å². The zero-order chi connectivity index (χ0) is 81.1. The van der Waals surface area contributed by atoms with Crippen molar-refractivity contribution in [3.8, 4) is 0 Å². The number of nitrogens with one attached hydrogen (secondary N) is 8. The summed E-state index contributed by atoms with van der Waals surface area (Å²) in [5.41, 5.74) is 0.399. The molecule has 0 radical (unpaired) electrons. The number of unbranched alkanes of at least 4 members (excludes halogenated alkanes) is 1. The van der Waals surface area contributed by atoms with Crippen LogP contribution >= 0.6 is 23.7 Å². The van der Waals surface area contributed by atoms with Crippen molar-refractivity contribution in [1.29, 1.82) is 0 Å². The van der Waals surface area contributed by atoms with Gasteiger partial charge >= 0.3 is 47.8 Å². The van der Waals surface area contributed by atoms with Gasteiger partial charge in [-0.15, -0.1) is 13.7 Å². The fourth-order valence-corrected chi connectivity index (χ4v) is 21.6. The number of carboxylic acids is 7. The zero-order valence-electron chi connectivity index (χ0n) is 61.7. The van der Waals surface area contributed by atoms with Crippen molar-refractivity contribution >= 4 is 121 Å². The van der Waals surface area contributed by atoms with Gasteiger partial charge in [-0.1, -0.05) is 64.1 Å². The third-order valence-corrected chi connectivity index (χ3v) is 26.5. The predicted molar refractivity (Wildman–Crippen MR) is 397 cm³/mol. The second-order valence-corrected chi connectivity index (χ2v) is 39.8. The molecule has 1 aliphatic heterocycles. The van der Waals surface area contributed by atoms with Crippen molar-refractivity contribution in [3.05, 3.63) is 41.7 Å². The molecule has 2 unspecified atom stereocenters. The summed E-state index contributed by atoms with van der Waals surface area (Å²) in [6.07, 6.45) is -2.65. The van der Waals surface area contributed by atoms with Crippen LogP contribution in [0.4, 0.5) is 4.79 Å². The Bertz CT molecular complexity index is 3420. The Labute approximate surface area is 628 Å². The van der Waals surface area contributed by atoms with E-state index in [-0.39, 0.29) is 139 Å². The van der Waals surface area contributed by atoms with Crippen LogP contribution in [0.2, 0.25) is 10.1 Å². The smallest absolute Gasteiger partial charge is 0.326 e. The van der Waals surface area contributed by atoms with Gasteiger partial charge in [0.2, 0.25) is 36.9 Å². The number of carbonyl (C=O) groups excluding carboxylic acids is 7. The molecule has 108 heavy (non-hydrogen) atoms. The minimum absolute atomic E-state index is 0.000680. The summed E-state index contributed by atoms with van der Waals surface area (Å²) in [6, 6.07) is -1.83. The molecule has 606 valence electrons. The Hall–Kier alpha value is -8.19. The molecule has 43 heteroatoms. The van der Waals surface area contributed by atoms with E-state index in [0.717, 1.165) is 9.87 Å².